The molecule has 0 bridgehead atoms. The topological polar surface area (TPSA) is 71.7 Å². The standard InChI is InChI=1S/C14H19NO4/c1-9(2)7-11(10(3)4)8-14(18)19-15-12(16)5-6-13(15)17/h5-7,16-17H,8H2,1-4H3. The van der Waals surface area contributed by atoms with Gasteiger partial charge in [0.2, 0.25) is 11.8 Å². The van der Waals surface area contributed by atoms with E-state index in [1.807, 2.05) is 33.8 Å². The molecule has 0 radical (unpaired) electrons. The summed E-state index contributed by atoms with van der Waals surface area (Å²) in [5.41, 5.74) is 2.95. The van der Waals surface area contributed by atoms with Gasteiger partial charge in [0.1, 0.15) is 0 Å². The van der Waals surface area contributed by atoms with Crippen LogP contribution in [0, 0.1) is 0 Å². The number of hydrogen-bond acceptors (Lipinski definition) is 4. The summed E-state index contributed by atoms with van der Waals surface area (Å²) in [5.74, 6) is -1.21. The van der Waals surface area contributed by atoms with Gasteiger partial charge in [-0.05, 0) is 33.3 Å². The Hall–Kier alpha value is -2.17. The molecular formula is C14H19NO4. The van der Waals surface area contributed by atoms with Crippen molar-refractivity contribution in [3.8, 4) is 11.8 Å². The minimum Gasteiger partial charge on any atom is -0.492 e. The van der Waals surface area contributed by atoms with Crippen LogP contribution in [0.2, 0.25) is 0 Å². The first-order valence-electron chi connectivity index (χ1n) is 5.93. The van der Waals surface area contributed by atoms with Crippen LogP contribution in [0.4, 0.5) is 0 Å². The summed E-state index contributed by atoms with van der Waals surface area (Å²) < 4.78 is 0.688. The number of nitrogens with zero attached hydrogens (tertiary/aromatic N) is 1. The lowest BCUT2D eigenvalue weighted by Crippen LogP contribution is -2.19. The van der Waals surface area contributed by atoms with Gasteiger partial charge in [-0.1, -0.05) is 17.2 Å². The fourth-order valence-corrected chi connectivity index (χ4v) is 1.51. The molecule has 104 valence electrons. The van der Waals surface area contributed by atoms with Crippen molar-refractivity contribution in [1.82, 2.24) is 4.73 Å². The average molecular weight is 265 g/mol. The molecule has 1 aromatic heterocycles. The Bertz CT molecular complexity index is 510. The number of carbonyl (C=O) groups is 1. The highest BCUT2D eigenvalue weighted by atomic mass is 16.7. The van der Waals surface area contributed by atoms with Crippen molar-refractivity contribution < 1.29 is 19.8 Å². The van der Waals surface area contributed by atoms with Gasteiger partial charge in [-0.15, -0.1) is 4.73 Å². The third-order valence-corrected chi connectivity index (χ3v) is 2.43. The lowest BCUT2D eigenvalue weighted by atomic mass is 10.1. The van der Waals surface area contributed by atoms with E-state index in [9.17, 15) is 15.0 Å². The van der Waals surface area contributed by atoms with Crippen molar-refractivity contribution in [1.29, 1.82) is 0 Å². The molecule has 0 saturated heterocycles. The monoisotopic (exact) mass is 265 g/mol. The summed E-state index contributed by atoms with van der Waals surface area (Å²) in [7, 11) is 0. The van der Waals surface area contributed by atoms with Crippen molar-refractivity contribution in [2.75, 3.05) is 0 Å². The highest BCUT2D eigenvalue weighted by molar-refractivity contribution is 5.74. The second-order valence-electron chi connectivity index (χ2n) is 4.73. The van der Waals surface area contributed by atoms with E-state index < -0.39 is 5.97 Å². The molecule has 0 aliphatic carbocycles. The first kappa shape index (κ1) is 14.9. The lowest BCUT2D eigenvalue weighted by molar-refractivity contribution is -0.144. The molecule has 5 nitrogen and oxygen atoms in total. The zero-order valence-corrected chi connectivity index (χ0v) is 11.6. The van der Waals surface area contributed by atoms with Crippen LogP contribution in [-0.4, -0.2) is 20.9 Å². The molecule has 0 aliphatic heterocycles. The molecule has 0 spiro atoms. The summed E-state index contributed by atoms with van der Waals surface area (Å²) in [6.07, 6.45) is 1.98. The molecule has 5 heteroatoms. The van der Waals surface area contributed by atoms with Crippen LogP contribution in [0.3, 0.4) is 0 Å². The van der Waals surface area contributed by atoms with E-state index in [-0.39, 0.29) is 18.2 Å². The van der Waals surface area contributed by atoms with Gasteiger partial charge < -0.3 is 15.1 Å². The largest absolute Gasteiger partial charge is 0.492 e. The van der Waals surface area contributed by atoms with Gasteiger partial charge in [0.05, 0.1) is 6.42 Å². The van der Waals surface area contributed by atoms with Crippen LogP contribution >= 0.6 is 0 Å². The van der Waals surface area contributed by atoms with Gasteiger partial charge in [-0.2, -0.15) is 0 Å². The Kier molecular flexibility index (Phi) is 4.80. The highest BCUT2D eigenvalue weighted by Crippen LogP contribution is 2.20. The van der Waals surface area contributed by atoms with Crippen molar-refractivity contribution in [2.24, 2.45) is 0 Å². The van der Waals surface area contributed by atoms with Crippen LogP contribution in [-0.2, 0) is 4.79 Å². The molecule has 0 amide bonds. The molecule has 1 heterocycles. The maximum atomic E-state index is 11.8. The zero-order chi connectivity index (χ0) is 14.6. The summed E-state index contributed by atoms with van der Waals surface area (Å²) in [4.78, 5) is 16.7. The third-order valence-electron chi connectivity index (χ3n) is 2.43. The maximum absolute atomic E-state index is 11.8. The van der Waals surface area contributed by atoms with Gasteiger partial charge >= 0.3 is 5.97 Å². The lowest BCUT2D eigenvalue weighted by Gasteiger charge is -2.09. The second-order valence-corrected chi connectivity index (χ2v) is 4.73. The smallest absolute Gasteiger partial charge is 0.337 e. The Morgan fingerprint density at radius 2 is 1.74 bits per heavy atom. The quantitative estimate of drug-likeness (QED) is 0.821. The molecule has 1 rings (SSSR count). The number of rotatable bonds is 4. The molecule has 0 aromatic carbocycles. The van der Waals surface area contributed by atoms with Crippen molar-refractivity contribution in [3.05, 3.63) is 34.9 Å². The van der Waals surface area contributed by atoms with E-state index in [4.69, 9.17) is 4.84 Å². The predicted octanol–water partition coefficient (Wildman–Crippen LogP) is 2.55. The molecule has 0 atom stereocenters. The van der Waals surface area contributed by atoms with Crippen LogP contribution in [0.15, 0.2) is 34.9 Å². The molecule has 19 heavy (non-hydrogen) atoms. The number of aromatic hydroxyl groups is 2. The molecular weight excluding hydrogens is 246 g/mol. The first-order valence-corrected chi connectivity index (χ1v) is 5.93. The van der Waals surface area contributed by atoms with E-state index >= 15 is 0 Å². The van der Waals surface area contributed by atoms with E-state index in [2.05, 4.69) is 0 Å². The second kappa shape index (κ2) is 6.13. The maximum Gasteiger partial charge on any atom is 0.337 e. The molecule has 0 aliphatic rings. The van der Waals surface area contributed by atoms with E-state index in [0.717, 1.165) is 16.7 Å². The van der Waals surface area contributed by atoms with Crippen LogP contribution in [0.1, 0.15) is 34.1 Å². The van der Waals surface area contributed by atoms with E-state index in [1.165, 1.54) is 12.1 Å². The highest BCUT2D eigenvalue weighted by Gasteiger charge is 2.13. The van der Waals surface area contributed by atoms with Gasteiger partial charge in [0.25, 0.3) is 0 Å². The van der Waals surface area contributed by atoms with Gasteiger partial charge in [-0.25, -0.2) is 4.79 Å². The molecule has 1 aromatic rings. The van der Waals surface area contributed by atoms with Gasteiger partial charge in [-0.3, -0.25) is 0 Å². The SMILES string of the molecule is CC(C)=CC(CC(=O)On1c(O)ccc1O)=C(C)C. The van der Waals surface area contributed by atoms with Crippen molar-refractivity contribution >= 4 is 5.97 Å². The zero-order valence-electron chi connectivity index (χ0n) is 11.6. The van der Waals surface area contributed by atoms with E-state index in [0.29, 0.717) is 4.73 Å². The molecule has 0 unspecified atom stereocenters. The Morgan fingerprint density at radius 1 is 1.21 bits per heavy atom. The summed E-state index contributed by atoms with van der Waals surface area (Å²) in [6, 6.07) is 2.47. The normalized spacial score (nSPS) is 9.89. The molecule has 0 fully saturated rings. The van der Waals surface area contributed by atoms with E-state index in [1.54, 1.807) is 0 Å². The van der Waals surface area contributed by atoms with Crippen molar-refractivity contribution in [2.45, 2.75) is 34.1 Å². The number of carbonyl (C=O) groups excluding carboxylic acids is 1. The Labute approximate surface area is 112 Å². The van der Waals surface area contributed by atoms with Crippen LogP contribution in [0.5, 0.6) is 11.8 Å². The minimum atomic E-state index is -0.560. The number of allylic oxidation sites excluding steroid dienone is 3. The van der Waals surface area contributed by atoms with Gasteiger partial charge in [0.15, 0.2) is 0 Å². The third kappa shape index (κ3) is 4.21. The number of aromatic nitrogens is 1. The minimum absolute atomic E-state index is 0.0740. The molecule has 2 N–H and O–H groups in total. The fraction of sp³-hybridized carbons (Fsp3) is 0.357. The summed E-state index contributed by atoms with van der Waals surface area (Å²) in [6.45, 7) is 7.70. The Morgan fingerprint density at radius 3 is 2.16 bits per heavy atom. The van der Waals surface area contributed by atoms with Crippen LogP contribution < -0.4 is 4.84 Å². The average Bonchev–Trinajstić information content (AvgIpc) is 2.59. The fourth-order valence-electron chi connectivity index (χ4n) is 1.51. The van der Waals surface area contributed by atoms with Gasteiger partial charge in [0, 0.05) is 12.1 Å². The van der Waals surface area contributed by atoms with Crippen molar-refractivity contribution in [3.63, 3.8) is 0 Å². The summed E-state index contributed by atoms with van der Waals surface area (Å²) in [5, 5.41) is 18.7. The number of hydrogen-bond donors (Lipinski definition) is 2. The van der Waals surface area contributed by atoms with Crippen LogP contribution in [0.25, 0.3) is 0 Å². The predicted molar refractivity (Wildman–Crippen MR) is 71.8 cm³/mol. The Balaban J connectivity index is 2.81. The first-order chi connectivity index (χ1) is 8.81. The summed E-state index contributed by atoms with van der Waals surface area (Å²) >= 11 is 0. The molecule has 0 saturated carbocycles.